The summed E-state index contributed by atoms with van der Waals surface area (Å²) in [6, 6.07) is 0.349. The van der Waals surface area contributed by atoms with Crippen molar-refractivity contribution in [1.82, 2.24) is 14.9 Å². The highest BCUT2D eigenvalue weighted by Gasteiger charge is 2.57. The van der Waals surface area contributed by atoms with Crippen molar-refractivity contribution in [2.24, 2.45) is 17.3 Å². The van der Waals surface area contributed by atoms with Crippen molar-refractivity contribution >= 4 is 6.09 Å². The zero-order valence-electron chi connectivity index (χ0n) is 20.4. The van der Waals surface area contributed by atoms with Gasteiger partial charge in [0, 0.05) is 36.3 Å². The van der Waals surface area contributed by atoms with Crippen LogP contribution in [0, 0.1) is 17.3 Å². The minimum atomic E-state index is -0.489. The fraction of sp³-hybridized carbons (Fsp3) is 0.692. The molecule has 0 unspecified atom stereocenters. The molecular weight excluding hydrogens is 402 g/mol. The van der Waals surface area contributed by atoms with E-state index in [-0.39, 0.29) is 35.6 Å². The molecule has 1 heterocycles. The third-order valence-corrected chi connectivity index (χ3v) is 7.17. The van der Waals surface area contributed by atoms with Crippen LogP contribution in [0.2, 0.25) is 0 Å². The van der Waals surface area contributed by atoms with E-state index in [1.165, 1.54) is 5.69 Å². The van der Waals surface area contributed by atoms with E-state index in [1.807, 2.05) is 39.4 Å². The molecule has 6 heteroatoms. The van der Waals surface area contributed by atoms with E-state index in [1.54, 1.807) is 6.08 Å². The lowest BCUT2D eigenvalue weighted by Crippen LogP contribution is -2.58. The van der Waals surface area contributed by atoms with E-state index >= 15 is 0 Å². The molecule has 3 rings (SSSR count). The van der Waals surface area contributed by atoms with Gasteiger partial charge in [0.05, 0.1) is 12.4 Å². The first-order valence-corrected chi connectivity index (χ1v) is 12.0. The molecule has 0 saturated heterocycles. The number of amides is 1. The highest BCUT2D eigenvalue weighted by Crippen LogP contribution is 2.59. The molecule has 0 aliphatic heterocycles. The number of rotatable bonds is 7. The molecule has 0 bridgehead atoms. The number of ether oxygens (including phenoxy) is 1. The Morgan fingerprint density at radius 1 is 1.41 bits per heavy atom. The topological polar surface area (TPSA) is 76.4 Å². The molecule has 2 fully saturated rings. The second-order valence-corrected chi connectivity index (χ2v) is 11.0. The van der Waals surface area contributed by atoms with Crippen LogP contribution in [0.3, 0.4) is 0 Å². The van der Waals surface area contributed by atoms with Gasteiger partial charge >= 0.3 is 6.09 Å². The number of aliphatic hydroxyl groups is 1. The lowest BCUT2D eigenvalue weighted by atomic mass is 9.51. The first-order chi connectivity index (χ1) is 15.1. The number of nitrogens with one attached hydrogen (secondary N) is 1. The third kappa shape index (κ3) is 5.45. The van der Waals surface area contributed by atoms with Crippen LogP contribution >= 0.6 is 0 Å². The van der Waals surface area contributed by atoms with E-state index in [0.29, 0.717) is 5.92 Å². The van der Waals surface area contributed by atoms with Crippen LogP contribution in [-0.4, -0.2) is 38.5 Å². The summed E-state index contributed by atoms with van der Waals surface area (Å²) in [6.07, 6.45) is 14.5. The quantitative estimate of drug-likeness (QED) is 0.568. The van der Waals surface area contributed by atoms with Gasteiger partial charge in [0.2, 0.25) is 0 Å². The molecule has 1 spiro atoms. The molecule has 1 aromatic heterocycles. The number of hydrogen-bond acceptors (Lipinski definition) is 4. The molecule has 1 amide bonds. The Kier molecular flexibility index (Phi) is 7.53. The van der Waals surface area contributed by atoms with Crippen LogP contribution in [-0.2, 0) is 11.2 Å². The molecule has 32 heavy (non-hydrogen) atoms. The zero-order chi connectivity index (χ0) is 23.5. The van der Waals surface area contributed by atoms with E-state index in [4.69, 9.17) is 4.74 Å². The number of hydrogen-bond donors (Lipinski definition) is 2. The number of carbonyl (C=O) groups excluding carboxylic acids is 1. The lowest BCUT2D eigenvalue weighted by Gasteiger charge is -2.58. The largest absolute Gasteiger partial charge is 0.444 e. The van der Waals surface area contributed by atoms with Crippen LogP contribution in [0.4, 0.5) is 4.79 Å². The van der Waals surface area contributed by atoms with Crippen LogP contribution < -0.4 is 5.32 Å². The van der Waals surface area contributed by atoms with Crippen molar-refractivity contribution in [1.29, 1.82) is 0 Å². The van der Waals surface area contributed by atoms with Crippen molar-refractivity contribution in [3.63, 3.8) is 0 Å². The molecule has 2 N–H and O–H groups in total. The SMILES string of the molecule is C=C/C=C\Cc1cncn1[C@H](C(C)C)[C@H]1C[C@]2(CC[C@@H](NC(=O)OC(C)(C)C)CC2)[C@H]1O. The number of aliphatic hydroxyl groups excluding tert-OH is 1. The van der Waals surface area contributed by atoms with Gasteiger partial charge in [-0.1, -0.05) is 38.7 Å². The van der Waals surface area contributed by atoms with Gasteiger partial charge in [-0.3, -0.25) is 0 Å². The smallest absolute Gasteiger partial charge is 0.407 e. The minimum Gasteiger partial charge on any atom is -0.444 e. The van der Waals surface area contributed by atoms with Crippen LogP contribution in [0.1, 0.15) is 78.5 Å². The summed E-state index contributed by atoms with van der Waals surface area (Å²) in [5.41, 5.74) is 0.657. The number of imidazole rings is 1. The van der Waals surface area contributed by atoms with E-state index in [0.717, 1.165) is 38.5 Å². The molecule has 0 aromatic carbocycles. The first kappa shape index (κ1) is 24.6. The predicted octanol–water partition coefficient (Wildman–Crippen LogP) is 5.20. The fourth-order valence-corrected chi connectivity index (χ4v) is 5.68. The standard InChI is InChI=1S/C26H41N3O3/c1-7-8-9-10-20-16-27-17-29(20)22(18(2)3)21-15-26(23(21)30)13-11-19(12-14-26)28-24(31)32-25(4,5)6/h7-9,16-19,21-23,30H,1,10-15H2,2-6H3,(H,28,31)/b9-8-/t19-,21-,22-,23+,26-/m1/s1. The number of aromatic nitrogens is 2. The first-order valence-electron chi connectivity index (χ1n) is 12.0. The molecule has 2 aliphatic carbocycles. The molecule has 3 atom stereocenters. The average molecular weight is 444 g/mol. The molecule has 178 valence electrons. The molecule has 2 aliphatic rings. The van der Waals surface area contributed by atoms with E-state index in [2.05, 4.69) is 41.4 Å². The lowest BCUT2D eigenvalue weighted by molar-refractivity contribution is -0.162. The summed E-state index contributed by atoms with van der Waals surface area (Å²) < 4.78 is 7.67. The average Bonchev–Trinajstić information content (AvgIpc) is 3.15. The number of nitrogens with zero attached hydrogens (tertiary/aromatic N) is 2. The number of allylic oxidation sites excluding steroid dienone is 3. The summed E-state index contributed by atoms with van der Waals surface area (Å²) in [5.74, 6) is 0.621. The van der Waals surface area contributed by atoms with Crippen molar-refractivity contribution < 1.29 is 14.6 Å². The molecule has 6 nitrogen and oxygen atoms in total. The van der Waals surface area contributed by atoms with Gasteiger partial charge in [0.1, 0.15) is 5.60 Å². The predicted molar refractivity (Wildman–Crippen MR) is 127 cm³/mol. The van der Waals surface area contributed by atoms with E-state index < -0.39 is 5.60 Å². The molecule has 0 radical (unpaired) electrons. The summed E-state index contributed by atoms with van der Waals surface area (Å²) in [4.78, 5) is 16.5. The maximum absolute atomic E-state index is 12.1. The minimum absolute atomic E-state index is 0.0204. The molecule has 2 saturated carbocycles. The zero-order valence-corrected chi connectivity index (χ0v) is 20.4. The maximum Gasteiger partial charge on any atom is 0.407 e. The Morgan fingerprint density at radius 3 is 2.66 bits per heavy atom. The fourth-order valence-electron chi connectivity index (χ4n) is 5.68. The monoisotopic (exact) mass is 443 g/mol. The highest BCUT2D eigenvalue weighted by molar-refractivity contribution is 5.68. The van der Waals surface area contributed by atoms with Crippen molar-refractivity contribution in [3.8, 4) is 0 Å². The Balaban J connectivity index is 1.61. The van der Waals surface area contributed by atoms with Gasteiger partial charge in [0.15, 0.2) is 0 Å². The second-order valence-electron chi connectivity index (χ2n) is 11.0. The summed E-state index contributed by atoms with van der Waals surface area (Å²) >= 11 is 0. The normalized spacial score (nSPS) is 29.2. The summed E-state index contributed by atoms with van der Waals surface area (Å²) in [6.45, 7) is 13.8. The van der Waals surface area contributed by atoms with Gasteiger partial charge in [-0.05, 0) is 64.2 Å². The van der Waals surface area contributed by atoms with Gasteiger partial charge in [-0.15, -0.1) is 0 Å². The number of carbonyl (C=O) groups is 1. The van der Waals surface area contributed by atoms with Gasteiger partial charge in [-0.2, -0.15) is 0 Å². The Hall–Kier alpha value is -2.08. The summed E-state index contributed by atoms with van der Waals surface area (Å²) in [5, 5.41) is 14.4. The number of alkyl carbamates (subject to hydrolysis) is 1. The Bertz CT molecular complexity index is 813. The van der Waals surface area contributed by atoms with Crippen LogP contribution in [0.5, 0.6) is 0 Å². The van der Waals surface area contributed by atoms with Gasteiger partial charge in [0.25, 0.3) is 0 Å². The molecule has 1 aromatic rings. The van der Waals surface area contributed by atoms with Crippen LogP contribution in [0.15, 0.2) is 37.3 Å². The highest BCUT2D eigenvalue weighted by atomic mass is 16.6. The summed E-state index contributed by atoms with van der Waals surface area (Å²) in [7, 11) is 0. The third-order valence-electron chi connectivity index (χ3n) is 7.17. The Morgan fingerprint density at radius 2 is 2.09 bits per heavy atom. The Labute approximate surface area is 193 Å². The maximum atomic E-state index is 12.1. The van der Waals surface area contributed by atoms with Gasteiger partial charge < -0.3 is 19.7 Å². The van der Waals surface area contributed by atoms with Gasteiger partial charge in [-0.25, -0.2) is 9.78 Å². The van der Waals surface area contributed by atoms with Crippen molar-refractivity contribution in [2.75, 3.05) is 0 Å². The second kappa shape index (κ2) is 9.82. The van der Waals surface area contributed by atoms with Crippen molar-refractivity contribution in [3.05, 3.63) is 43.0 Å². The van der Waals surface area contributed by atoms with Crippen molar-refractivity contribution in [2.45, 2.75) is 96.9 Å². The van der Waals surface area contributed by atoms with E-state index in [9.17, 15) is 9.90 Å². The van der Waals surface area contributed by atoms with Crippen LogP contribution in [0.25, 0.3) is 0 Å². The molecular formula is C26H41N3O3.